The molecule has 3 heterocycles. The molecule has 0 spiro atoms. The number of hydrogen-bond donors (Lipinski definition) is 1. The van der Waals surface area contributed by atoms with E-state index in [2.05, 4.69) is 14.8 Å². The van der Waals surface area contributed by atoms with Crippen LogP contribution in [-0.2, 0) is 0 Å². The Kier molecular flexibility index (Phi) is 2.89. The van der Waals surface area contributed by atoms with E-state index in [-0.39, 0.29) is 0 Å². The zero-order valence-electron chi connectivity index (χ0n) is 10.2. The summed E-state index contributed by atoms with van der Waals surface area (Å²) in [6, 6.07) is 2.76. The molecule has 4 nitrogen and oxygen atoms in total. The molecule has 4 heteroatoms. The zero-order chi connectivity index (χ0) is 11.7. The molecule has 3 rings (SSSR count). The van der Waals surface area contributed by atoms with Crippen molar-refractivity contribution in [2.75, 3.05) is 36.8 Å². The van der Waals surface area contributed by atoms with Crippen LogP contribution in [0.25, 0.3) is 0 Å². The van der Waals surface area contributed by atoms with Crippen molar-refractivity contribution in [3.63, 3.8) is 0 Å². The van der Waals surface area contributed by atoms with E-state index in [9.17, 15) is 0 Å². The average molecular weight is 232 g/mol. The lowest BCUT2D eigenvalue weighted by molar-refractivity contribution is 0.260. The standard InChI is InChI=1S/C13H20N4/c14-12-9-15-5-3-13(12)17-8-4-11(10-17)16-6-1-2-7-16/h3,5,9,11H,1-2,4,6-8,10,14H2. The maximum absolute atomic E-state index is 5.98. The van der Waals surface area contributed by atoms with Gasteiger partial charge in [-0.1, -0.05) is 0 Å². The third-order valence-corrected chi connectivity index (χ3v) is 3.99. The Labute approximate surface area is 102 Å². The molecule has 2 aliphatic rings. The van der Waals surface area contributed by atoms with E-state index in [0.717, 1.165) is 30.5 Å². The summed E-state index contributed by atoms with van der Waals surface area (Å²) in [6.07, 6.45) is 7.58. The van der Waals surface area contributed by atoms with Crippen molar-refractivity contribution in [3.8, 4) is 0 Å². The van der Waals surface area contributed by atoms with Crippen molar-refractivity contribution in [2.24, 2.45) is 0 Å². The lowest BCUT2D eigenvalue weighted by Gasteiger charge is -2.25. The highest BCUT2D eigenvalue weighted by Gasteiger charge is 2.29. The maximum Gasteiger partial charge on any atom is 0.0738 e. The van der Waals surface area contributed by atoms with Gasteiger partial charge in [0, 0.05) is 25.3 Å². The fourth-order valence-electron chi connectivity index (χ4n) is 3.05. The number of nitrogens with two attached hydrogens (primary N) is 1. The van der Waals surface area contributed by atoms with Crippen molar-refractivity contribution in [1.82, 2.24) is 9.88 Å². The van der Waals surface area contributed by atoms with Gasteiger partial charge in [0.1, 0.15) is 0 Å². The summed E-state index contributed by atoms with van der Waals surface area (Å²) in [5.41, 5.74) is 7.94. The molecule has 0 bridgehead atoms. The van der Waals surface area contributed by atoms with Crippen molar-refractivity contribution in [1.29, 1.82) is 0 Å². The lowest BCUT2D eigenvalue weighted by Crippen LogP contribution is -2.35. The first-order valence-corrected chi connectivity index (χ1v) is 6.53. The Balaban J connectivity index is 1.69. The number of aromatic nitrogens is 1. The molecular formula is C13H20N4. The van der Waals surface area contributed by atoms with Gasteiger partial charge >= 0.3 is 0 Å². The van der Waals surface area contributed by atoms with E-state index in [0.29, 0.717) is 0 Å². The Morgan fingerprint density at radius 1 is 1.24 bits per heavy atom. The van der Waals surface area contributed by atoms with Gasteiger partial charge in [-0.2, -0.15) is 0 Å². The molecule has 1 unspecified atom stereocenters. The van der Waals surface area contributed by atoms with Crippen LogP contribution in [0.15, 0.2) is 18.5 Å². The number of rotatable bonds is 2. The molecule has 0 aliphatic carbocycles. The van der Waals surface area contributed by atoms with Crippen LogP contribution in [0.2, 0.25) is 0 Å². The second-order valence-corrected chi connectivity index (χ2v) is 5.07. The van der Waals surface area contributed by atoms with E-state index in [1.165, 1.54) is 32.4 Å². The Morgan fingerprint density at radius 2 is 2.06 bits per heavy atom. The minimum absolute atomic E-state index is 0.727. The summed E-state index contributed by atoms with van der Waals surface area (Å²) in [5, 5.41) is 0. The van der Waals surface area contributed by atoms with Gasteiger partial charge in [0.25, 0.3) is 0 Å². The summed E-state index contributed by atoms with van der Waals surface area (Å²) in [7, 11) is 0. The molecule has 2 saturated heterocycles. The van der Waals surface area contributed by atoms with Gasteiger partial charge in [-0.05, 0) is 38.4 Å². The van der Waals surface area contributed by atoms with E-state index in [1.807, 2.05) is 12.3 Å². The Morgan fingerprint density at radius 3 is 2.82 bits per heavy atom. The first-order chi connectivity index (χ1) is 8.34. The normalized spacial score (nSPS) is 25.6. The molecule has 2 fully saturated rings. The van der Waals surface area contributed by atoms with Gasteiger partial charge in [-0.3, -0.25) is 9.88 Å². The van der Waals surface area contributed by atoms with Crippen LogP contribution < -0.4 is 10.6 Å². The highest BCUT2D eigenvalue weighted by atomic mass is 15.3. The van der Waals surface area contributed by atoms with E-state index in [4.69, 9.17) is 5.73 Å². The van der Waals surface area contributed by atoms with Crippen LogP contribution in [-0.4, -0.2) is 42.1 Å². The van der Waals surface area contributed by atoms with Crippen LogP contribution in [0.3, 0.4) is 0 Å². The van der Waals surface area contributed by atoms with Crippen molar-refractivity contribution in [3.05, 3.63) is 18.5 Å². The quantitative estimate of drug-likeness (QED) is 0.836. The van der Waals surface area contributed by atoms with E-state index >= 15 is 0 Å². The topological polar surface area (TPSA) is 45.4 Å². The van der Waals surface area contributed by atoms with Crippen molar-refractivity contribution in [2.45, 2.75) is 25.3 Å². The minimum Gasteiger partial charge on any atom is -0.396 e. The van der Waals surface area contributed by atoms with E-state index < -0.39 is 0 Å². The van der Waals surface area contributed by atoms with E-state index in [1.54, 1.807) is 6.20 Å². The Hall–Kier alpha value is -1.29. The third-order valence-electron chi connectivity index (χ3n) is 3.99. The SMILES string of the molecule is Nc1cnccc1N1CCC(N2CCCC2)C1. The average Bonchev–Trinajstić information content (AvgIpc) is 3.00. The fourth-order valence-corrected chi connectivity index (χ4v) is 3.05. The van der Waals surface area contributed by atoms with Gasteiger partial charge in [0.15, 0.2) is 0 Å². The summed E-state index contributed by atoms with van der Waals surface area (Å²) in [5.74, 6) is 0. The fraction of sp³-hybridized carbons (Fsp3) is 0.615. The van der Waals surface area contributed by atoms with Crippen LogP contribution in [0, 0.1) is 0 Å². The Bertz CT molecular complexity index is 387. The van der Waals surface area contributed by atoms with Gasteiger partial charge in [0.2, 0.25) is 0 Å². The second-order valence-electron chi connectivity index (χ2n) is 5.07. The predicted octanol–water partition coefficient (Wildman–Crippen LogP) is 1.34. The number of nitrogen functional groups attached to an aromatic ring is 1. The molecule has 1 aromatic rings. The molecule has 0 amide bonds. The van der Waals surface area contributed by atoms with Gasteiger partial charge in [-0.25, -0.2) is 0 Å². The number of likely N-dealkylation sites (tertiary alicyclic amines) is 1. The molecule has 2 N–H and O–H groups in total. The van der Waals surface area contributed by atoms with Crippen molar-refractivity contribution >= 4 is 11.4 Å². The highest BCUT2D eigenvalue weighted by molar-refractivity contribution is 5.66. The lowest BCUT2D eigenvalue weighted by atomic mass is 10.2. The van der Waals surface area contributed by atoms with Crippen molar-refractivity contribution < 1.29 is 0 Å². The highest BCUT2D eigenvalue weighted by Crippen LogP contribution is 2.28. The number of pyridine rings is 1. The molecule has 1 aromatic heterocycles. The molecule has 0 radical (unpaired) electrons. The molecule has 17 heavy (non-hydrogen) atoms. The summed E-state index contributed by atoms with van der Waals surface area (Å²) < 4.78 is 0. The number of nitrogens with zero attached hydrogens (tertiary/aromatic N) is 3. The summed E-state index contributed by atoms with van der Waals surface area (Å²) >= 11 is 0. The smallest absolute Gasteiger partial charge is 0.0738 e. The summed E-state index contributed by atoms with van der Waals surface area (Å²) in [4.78, 5) is 9.09. The molecule has 1 atom stereocenters. The third kappa shape index (κ3) is 2.09. The maximum atomic E-state index is 5.98. The molecule has 0 saturated carbocycles. The monoisotopic (exact) mass is 232 g/mol. The summed E-state index contributed by atoms with van der Waals surface area (Å²) in [6.45, 7) is 4.80. The van der Waals surface area contributed by atoms with Crippen LogP contribution in [0.1, 0.15) is 19.3 Å². The van der Waals surface area contributed by atoms with Crippen LogP contribution >= 0.6 is 0 Å². The first kappa shape index (κ1) is 10.8. The predicted molar refractivity (Wildman–Crippen MR) is 70.1 cm³/mol. The van der Waals surface area contributed by atoms with Gasteiger partial charge in [0.05, 0.1) is 17.6 Å². The largest absolute Gasteiger partial charge is 0.396 e. The number of hydrogen-bond acceptors (Lipinski definition) is 4. The molecular weight excluding hydrogens is 212 g/mol. The van der Waals surface area contributed by atoms with Crippen LogP contribution in [0.5, 0.6) is 0 Å². The molecule has 2 aliphatic heterocycles. The molecule has 92 valence electrons. The van der Waals surface area contributed by atoms with Gasteiger partial charge in [-0.15, -0.1) is 0 Å². The second kappa shape index (κ2) is 4.53. The molecule has 0 aromatic carbocycles. The van der Waals surface area contributed by atoms with Gasteiger partial charge < -0.3 is 10.6 Å². The number of anilines is 2. The zero-order valence-corrected chi connectivity index (χ0v) is 10.2. The first-order valence-electron chi connectivity index (χ1n) is 6.53. The minimum atomic E-state index is 0.727. The van der Waals surface area contributed by atoms with Crippen LogP contribution in [0.4, 0.5) is 11.4 Å².